The van der Waals surface area contributed by atoms with Crippen LogP contribution >= 0.6 is 11.6 Å². The summed E-state index contributed by atoms with van der Waals surface area (Å²) >= 11 is 5.92. The zero-order chi connectivity index (χ0) is 18.6. The van der Waals surface area contributed by atoms with E-state index in [1.54, 1.807) is 6.92 Å². The molecule has 1 saturated carbocycles. The number of halogens is 1. The van der Waals surface area contributed by atoms with Gasteiger partial charge in [0, 0.05) is 11.9 Å². The Balaban J connectivity index is 1.61. The van der Waals surface area contributed by atoms with Crippen LogP contribution in [0.15, 0.2) is 28.8 Å². The van der Waals surface area contributed by atoms with Crippen LogP contribution in [0.25, 0.3) is 0 Å². The summed E-state index contributed by atoms with van der Waals surface area (Å²) in [5, 5.41) is 11.2. The third-order valence-corrected chi connectivity index (χ3v) is 5.25. The van der Waals surface area contributed by atoms with Crippen molar-refractivity contribution in [2.75, 3.05) is 6.54 Å². The van der Waals surface area contributed by atoms with E-state index in [2.05, 4.69) is 20.8 Å². The van der Waals surface area contributed by atoms with Crippen LogP contribution in [0.4, 0.5) is 0 Å². The predicted octanol–water partition coefficient (Wildman–Crippen LogP) is 3.66. The van der Waals surface area contributed by atoms with E-state index in [0.29, 0.717) is 16.7 Å². The SMILES string of the molecule is Cc1nc(C2(NCC(=O)NC(C)c3ccc(Cl)cc3)CCCCC2)no1. The van der Waals surface area contributed by atoms with Gasteiger partial charge in [-0.2, -0.15) is 4.98 Å². The molecule has 2 N–H and O–H groups in total. The summed E-state index contributed by atoms with van der Waals surface area (Å²) in [5.41, 5.74) is 0.639. The van der Waals surface area contributed by atoms with Crippen molar-refractivity contribution < 1.29 is 9.32 Å². The molecule has 26 heavy (non-hydrogen) atoms. The van der Waals surface area contributed by atoms with Crippen molar-refractivity contribution >= 4 is 17.5 Å². The minimum absolute atomic E-state index is 0.0578. The maximum atomic E-state index is 12.5. The number of carbonyl (C=O) groups excluding carboxylic acids is 1. The van der Waals surface area contributed by atoms with E-state index in [4.69, 9.17) is 16.1 Å². The summed E-state index contributed by atoms with van der Waals surface area (Å²) in [6.07, 6.45) is 5.19. The van der Waals surface area contributed by atoms with Crippen LogP contribution in [-0.2, 0) is 10.3 Å². The summed E-state index contributed by atoms with van der Waals surface area (Å²) in [7, 11) is 0. The predicted molar refractivity (Wildman–Crippen MR) is 99.8 cm³/mol. The molecule has 1 fully saturated rings. The lowest BCUT2D eigenvalue weighted by molar-refractivity contribution is -0.121. The lowest BCUT2D eigenvalue weighted by Gasteiger charge is -2.35. The molecule has 0 bridgehead atoms. The molecule has 0 aliphatic heterocycles. The fourth-order valence-corrected chi connectivity index (χ4v) is 3.63. The molecule has 0 spiro atoms. The van der Waals surface area contributed by atoms with Gasteiger partial charge in [0.05, 0.1) is 18.1 Å². The fourth-order valence-electron chi connectivity index (χ4n) is 3.51. The minimum Gasteiger partial charge on any atom is -0.348 e. The van der Waals surface area contributed by atoms with Gasteiger partial charge in [-0.3, -0.25) is 10.1 Å². The first-order valence-corrected chi connectivity index (χ1v) is 9.47. The van der Waals surface area contributed by atoms with Crippen molar-refractivity contribution in [1.29, 1.82) is 0 Å². The summed E-state index contributed by atoms with van der Waals surface area (Å²) in [5.74, 6) is 1.15. The third-order valence-electron chi connectivity index (χ3n) is 5.00. The van der Waals surface area contributed by atoms with E-state index in [1.165, 1.54) is 6.42 Å². The lowest BCUT2D eigenvalue weighted by Crippen LogP contribution is -2.49. The van der Waals surface area contributed by atoms with Crippen molar-refractivity contribution in [3.8, 4) is 0 Å². The normalized spacial score (nSPS) is 17.7. The van der Waals surface area contributed by atoms with Gasteiger partial charge in [0.25, 0.3) is 0 Å². The third kappa shape index (κ3) is 4.43. The molecular formula is C19H25ClN4O2. The van der Waals surface area contributed by atoms with E-state index in [1.807, 2.05) is 31.2 Å². The second-order valence-electron chi connectivity index (χ2n) is 6.97. The number of carbonyl (C=O) groups is 1. The molecule has 1 atom stereocenters. The number of aryl methyl sites for hydroxylation is 1. The Hall–Kier alpha value is -1.92. The van der Waals surface area contributed by atoms with Gasteiger partial charge in [-0.05, 0) is 37.5 Å². The Bertz CT molecular complexity index is 738. The zero-order valence-corrected chi connectivity index (χ0v) is 16.0. The summed E-state index contributed by atoms with van der Waals surface area (Å²) in [6.45, 7) is 3.96. The number of aromatic nitrogens is 2. The van der Waals surface area contributed by atoms with Crippen LogP contribution in [0.3, 0.4) is 0 Å². The molecule has 1 heterocycles. The van der Waals surface area contributed by atoms with E-state index < -0.39 is 0 Å². The maximum Gasteiger partial charge on any atom is 0.234 e. The smallest absolute Gasteiger partial charge is 0.234 e. The number of hydrogen-bond donors (Lipinski definition) is 2. The molecule has 2 aromatic rings. The molecule has 1 aromatic carbocycles. The molecule has 1 aliphatic rings. The largest absolute Gasteiger partial charge is 0.348 e. The first kappa shape index (κ1) is 18.9. The molecule has 1 aliphatic carbocycles. The Morgan fingerprint density at radius 1 is 1.27 bits per heavy atom. The zero-order valence-electron chi connectivity index (χ0n) is 15.2. The standard InChI is InChI=1S/C19H25ClN4O2/c1-13(15-6-8-16(20)9-7-15)22-17(25)12-21-19(10-4-3-5-11-19)18-23-14(2)26-24-18/h6-9,13,21H,3-5,10-12H2,1-2H3,(H,22,25). The van der Waals surface area contributed by atoms with Crippen molar-refractivity contribution in [2.45, 2.75) is 57.5 Å². The van der Waals surface area contributed by atoms with Crippen LogP contribution in [0.5, 0.6) is 0 Å². The molecule has 1 amide bonds. The minimum atomic E-state index is -0.378. The highest BCUT2D eigenvalue weighted by Crippen LogP contribution is 2.35. The van der Waals surface area contributed by atoms with Crippen LogP contribution in [0.1, 0.15) is 62.3 Å². The number of rotatable bonds is 6. The number of nitrogens with zero attached hydrogens (tertiary/aromatic N) is 2. The molecule has 6 nitrogen and oxygen atoms in total. The Morgan fingerprint density at radius 2 is 1.96 bits per heavy atom. The monoisotopic (exact) mass is 376 g/mol. The first-order chi connectivity index (χ1) is 12.5. The highest BCUT2D eigenvalue weighted by molar-refractivity contribution is 6.30. The summed E-state index contributed by atoms with van der Waals surface area (Å²) in [4.78, 5) is 16.9. The second kappa shape index (κ2) is 8.18. The van der Waals surface area contributed by atoms with E-state index in [-0.39, 0.29) is 24.0 Å². The Morgan fingerprint density at radius 3 is 2.58 bits per heavy atom. The first-order valence-electron chi connectivity index (χ1n) is 9.09. The van der Waals surface area contributed by atoms with E-state index in [9.17, 15) is 4.79 Å². The van der Waals surface area contributed by atoms with Gasteiger partial charge < -0.3 is 9.84 Å². The number of amides is 1. The van der Waals surface area contributed by atoms with Crippen LogP contribution in [0.2, 0.25) is 5.02 Å². The summed E-state index contributed by atoms with van der Waals surface area (Å²) in [6, 6.07) is 7.41. The van der Waals surface area contributed by atoms with Gasteiger partial charge >= 0.3 is 0 Å². The molecule has 0 saturated heterocycles. The number of benzene rings is 1. The van der Waals surface area contributed by atoms with E-state index in [0.717, 1.165) is 31.2 Å². The average Bonchev–Trinajstić information content (AvgIpc) is 3.08. The molecule has 140 valence electrons. The molecule has 3 rings (SSSR count). The molecule has 1 unspecified atom stereocenters. The van der Waals surface area contributed by atoms with Crippen LogP contribution < -0.4 is 10.6 Å². The number of hydrogen-bond acceptors (Lipinski definition) is 5. The van der Waals surface area contributed by atoms with Gasteiger partial charge in [-0.25, -0.2) is 0 Å². The van der Waals surface area contributed by atoms with Crippen molar-refractivity contribution in [2.24, 2.45) is 0 Å². The van der Waals surface area contributed by atoms with Gasteiger partial charge in [0.1, 0.15) is 0 Å². The highest BCUT2D eigenvalue weighted by atomic mass is 35.5. The average molecular weight is 377 g/mol. The molecule has 0 radical (unpaired) electrons. The Kier molecular flexibility index (Phi) is 5.94. The van der Waals surface area contributed by atoms with E-state index >= 15 is 0 Å². The second-order valence-corrected chi connectivity index (χ2v) is 7.41. The fraction of sp³-hybridized carbons (Fsp3) is 0.526. The van der Waals surface area contributed by atoms with Crippen molar-refractivity contribution in [3.63, 3.8) is 0 Å². The van der Waals surface area contributed by atoms with Crippen LogP contribution in [0, 0.1) is 6.92 Å². The number of nitrogens with one attached hydrogen (secondary N) is 2. The Labute approximate surface area is 158 Å². The van der Waals surface area contributed by atoms with Crippen molar-refractivity contribution in [3.05, 3.63) is 46.6 Å². The van der Waals surface area contributed by atoms with Crippen LogP contribution in [-0.4, -0.2) is 22.6 Å². The molecule has 1 aromatic heterocycles. The van der Waals surface area contributed by atoms with Crippen molar-refractivity contribution in [1.82, 2.24) is 20.8 Å². The molecular weight excluding hydrogens is 352 g/mol. The maximum absolute atomic E-state index is 12.5. The lowest BCUT2D eigenvalue weighted by atomic mass is 9.81. The molecule has 7 heteroatoms. The van der Waals surface area contributed by atoms with Gasteiger partial charge in [0.2, 0.25) is 11.8 Å². The quantitative estimate of drug-likeness (QED) is 0.804. The van der Waals surface area contributed by atoms with Gasteiger partial charge in [-0.1, -0.05) is 48.2 Å². The topological polar surface area (TPSA) is 80.0 Å². The van der Waals surface area contributed by atoms with Gasteiger partial charge in [-0.15, -0.1) is 0 Å². The summed E-state index contributed by atoms with van der Waals surface area (Å²) < 4.78 is 5.17. The highest BCUT2D eigenvalue weighted by Gasteiger charge is 2.38. The van der Waals surface area contributed by atoms with Gasteiger partial charge in [0.15, 0.2) is 5.82 Å².